The molecule has 2 aromatic carbocycles. The normalized spacial score (nSPS) is 12.0. The molecule has 2 aromatic heterocycles. The van der Waals surface area contributed by atoms with Crippen LogP contribution in [0.1, 0.15) is 61.8 Å². The predicted octanol–water partition coefficient (Wildman–Crippen LogP) is 6.39. The molecule has 2 heterocycles. The molecule has 0 bridgehead atoms. The Morgan fingerprint density at radius 2 is 1.69 bits per heavy atom. The Labute approximate surface area is 204 Å². The van der Waals surface area contributed by atoms with E-state index in [0.717, 1.165) is 33.5 Å². The van der Waals surface area contributed by atoms with Crippen LogP contribution in [0.5, 0.6) is 5.75 Å². The predicted molar refractivity (Wildman–Crippen MR) is 133 cm³/mol. The number of carboxylic acids is 1. The summed E-state index contributed by atoms with van der Waals surface area (Å²) in [4.78, 5) is 23.8. The van der Waals surface area contributed by atoms with E-state index in [1.165, 1.54) is 6.33 Å². The van der Waals surface area contributed by atoms with Crippen molar-refractivity contribution >= 4 is 5.97 Å². The zero-order chi connectivity index (χ0) is 24.9. The molecule has 4 aromatic rings. The fourth-order valence-corrected chi connectivity index (χ4v) is 3.95. The molecule has 4 rings (SSSR count). The summed E-state index contributed by atoms with van der Waals surface area (Å²) in [5.74, 6) is 1.31. The molecular formula is C28H29N3O4. The van der Waals surface area contributed by atoms with Crippen LogP contribution >= 0.6 is 0 Å². The topological polar surface area (TPSA) is 98.3 Å². The van der Waals surface area contributed by atoms with Crippen molar-refractivity contribution < 1.29 is 19.1 Å². The van der Waals surface area contributed by atoms with Crippen molar-refractivity contribution in [2.24, 2.45) is 0 Å². The number of aryl methyl sites for hydroxylation is 2. The van der Waals surface area contributed by atoms with E-state index in [1.807, 2.05) is 56.3 Å². The summed E-state index contributed by atoms with van der Waals surface area (Å²) in [5, 5.41) is 8.94. The first-order valence-electron chi connectivity index (χ1n) is 11.7. The molecule has 7 heteroatoms. The molecule has 180 valence electrons. The number of oxazole rings is 1. The van der Waals surface area contributed by atoms with Gasteiger partial charge in [-0.15, -0.1) is 0 Å². The second-order valence-electron chi connectivity index (χ2n) is 8.87. The van der Waals surface area contributed by atoms with Crippen molar-refractivity contribution in [3.8, 4) is 28.3 Å². The standard InChI is InChI=1S/C28H29N3O4/c1-17(2)26-27(19(4)34-24-11-9-20(18(3)13-24)10-12-25(32)33)35-28(31-26)22-7-5-21(6-8-22)23-14-29-16-30-15-23/h5-9,11,13-17,19H,10,12H2,1-4H3,(H,32,33). The summed E-state index contributed by atoms with van der Waals surface area (Å²) in [5.41, 5.74) is 5.71. The summed E-state index contributed by atoms with van der Waals surface area (Å²) in [6, 6.07) is 13.7. The average molecular weight is 472 g/mol. The van der Waals surface area contributed by atoms with Gasteiger partial charge in [-0.2, -0.15) is 0 Å². The number of aromatic nitrogens is 3. The third kappa shape index (κ3) is 5.74. The van der Waals surface area contributed by atoms with E-state index in [2.05, 4.69) is 23.8 Å². The summed E-state index contributed by atoms with van der Waals surface area (Å²) < 4.78 is 12.4. The number of aliphatic carboxylic acids is 1. The third-order valence-electron chi connectivity index (χ3n) is 5.86. The highest BCUT2D eigenvalue weighted by molar-refractivity contribution is 5.67. The van der Waals surface area contributed by atoms with Crippen LogP contribution in [-0.2, 0) is 11.2 Å². The fraction of sp³-hybridized carbons (Fsp3) is 0.286. The molecule has 0 aliphatic heterocycles. The number of ether oxygens (including phenoxy) is 1. The second kappa shape index (κ2) is 10.5. The maximum atomic E-state index is 10.9. The molecule has 0 saturated heterocycles. The maximum Gasteiger partial charge on any atom is 0.303 e. The largest absolute Gasteiger partial charge is 0.483 e. The zero-order valence-electron chi connectivity index (χ0n) is 20.4. The van der Waals surface area contributed by atoms with Gasteiger partial charge in [0, 0.05) is 29.9 Å². The van der Waals surface area contributed by atoms with Gasteiger partial charge in [-0.25, -0.2) is 15.0 Å². The van der Waals surface area contributed by atoms with Crippen LogP contribution in [-0.4, -0.2) is 26.0 Å². The van der Waals surface area contributed by atoms with E-state index in [4.69, 9.17) is 19.2 Å². The Bertz CT molecular complexity index is 1300. The van der Waals surface area contributed by atoms with Gasteiger partial charge < -0.3 is 14.3 Å². The molecule has 0 aliphatic carbocycles. The average Bonchev–Trinajstić information content (AvgIpc) is 3.30. The van der Waals surface area contributed by atoms with Gasteiger partial charge >= 0.3 is 5.97 Å². The van der Waals surface area contributed by atoms with Gasteiger partial charge in [-0.1, -0.05) is 32.0 Å². The molecule has 7 nitrogen and oxygen atoms in total. The minimum atomic E-state index is -0.801. The van der Waals surface area contributed by atoms with Crippen molar-refractivity contribution in [3.05, 3.63) is 83.8 Å². The van der Waals surface area contributed by atoms with Crippen LogP contribution in [0.25, 0.3) is 22.6 Å². The molecule has 0 amide bonds. The molecule has 1 unspecified atom stereocenters. The summed E-state index contributed by atoms with van der Waals surface area (Å²) in [7, 11) is 0. The van der Waals surface area contributed by atoms with Crippen molar-refractivity contribution in [1.29, 1.82) is 0 Å². The molecule has 1 atom stereocenters. The Morgan fingerprint density at radius 3 is 2.31 bits per heavy atom. The van der Waals surface area contributed by atoms with Gasteiger partial charge in [-0.3, -0.25) is 4.79 Å². The second-order valence-corrected chi connectivity index (χ2v) is 8.87. The van der Waals surface area contributed by atoms with Gasteiger partial charge in [0.1, 0.15) is 12.1 Å². The quantitative estimate of drug-likeness (QED) is 0.302. The van der Waals surface area contributed by atoms with E-state index in [-0.39, 0.29) is 18.4 Å². The Balaban J connectivity index is 1.54. The first-order chi connectivity index (χ1) is 16.8. The number of carboxylic acid groups (broad SMARTS) is 1. The maximum absolute atomic E-state index is 10.9. The smallest absolute Gasteiger partial charge is 0.303 e. The summed E-state index contributed by atoms with van der Waals surface area (Å²) in [6.07, 6.45) is 5.33. The fourth-order valence-electron chi connectivity index (χ4n) is 3.95. The lowest BCUT2D eigenvalue weighted by molar-refractivity contribution is -0.136. The monoisotopic (exact) mass is 471 g/mol. The molecule has 0 aliphatic rings. The zero-order valence-corrected chi connectivity index (χ0v) is 20.4. The Morgan fingerprint density at radius 1 is 1.00 bits per heavy atom. The molecule has 35 heavy (non-hydrogen) atoms. The molecule has 0 spiro atoms. The van der Waals surface area contributed by atoms with Gasteiger partial charge in [0.15, 0.2) is 11.9 Å². The van der Waals surface area contributed by atoms with Crippen molar-refractivity contribution in [3.63, 3.8) is 0 Å². The first kappa shape index (κ1) is 24.1. The van der Waals surface area contributed by atoms with Crippen molar-refractivity contribution in [2.75, 3.05) is 0 Å². The summed E-state index contributed by atoms with van der Waals surface area (Å²) in [6.45, 7) is 8.07. The lowest BCUT2D eigenvalue weighted by Gasteiger charge is -2.16. The Kier molecular flexibility index (Phi) is 7.25. The van der Waals surface area contributed by atoms with Gasteiger partial charge in [0.05, 0.1) is 5.69 Å². The van der Waals surface area contributed by atoms with E-state index in [1.54, 1.807) is 12.4 Å². The van der Waals surface area contributed by atoms with Crippen LogP contribution < -0.4 is 4.74 Å². The van der Waals surface area contributed by atoms with Crippen LogP contribution in [0.4, 0.5) is 0 Å². The van der Waals surface area contributed by atoms with E-state index in [9.17, 15) is 4.79 Å². The minimum absolute atomic E-state index is 0.107. The number of hydrogen-bond donors (Lipinski definition) is 1. The van der Waals surface area contributed by atoms with E-state index in [0.29, 0.717) is 23.8 Å². The molecule has 1 N–H and O–H groups in total. The molecule has 0 radical (unpaired) electrons. The number of hydrogen-bond acceptors (Lipinski definition) is 6. The van der Waals surface area contributed by atoms with E-state index < -0.39 is 5.97 Å². The highest BCUT2D eigenvalue weighted by Gasteiger charge is 2.23. The number of carbonyl (C=O) groups is 1. The third-order valence-corrected chi connectivity index (χ3v) is 5.86. The number of nitrogens with zero attached hydrogens (tertiary/aromatic N) is 3. The minimum Gasteiger partial charge on any atom is -0.483 e. The Hall–Kier alpha value is -4.00. The van der Waals surface area contributed by atoms with Gasteiger partial charge in [-0.05, 0) is 67.1 Å². The molecular weight excluding hydrogens is 442 g/mol. The van der Waals surface area contributed by atoms with Crippen LogP contribution in [0, 0.1) is 6.92 Å². The highest BCUT2D eigenvalue weighted by Crippen LogP contribution is 2.34. The van der Waals surface area contributed by atoms with Gasteiger partial charge in [0.25, 0.3) is 0 Å². The lowest BCUT2D eigenvalue weighted by atomic mass is 10.0. The highest BCUT2D eigenvalue weighted by atomic mass is 16.5. The van der Waals surface area contributed by atoms with Crippen LogP contribution in [0.15, 0.2) is 65.6 Å². The molecule has 0 fully saturated rings. The lowest BCUT2D eigenvalue weighted by Crippen LogP contribution is -2.06. The number of rotatable bonds is 9. The van der Waals surface area contributed by atoms with Crippen LogP contribution in [0.3, 0.4) is 0 Å². The first-order valence-corrected chi connectivity index (χ1v) is 11.7. The summed E-state index contributed by atoms with van der Waals surface area (Å²) >= 11 is 0. The van der Waals surface area contributed by atoms with Gasteiger partial charge in [0.2, 0.25) is 5.89 Å². The molecule has 0 saturated carbocycles. The SMILES string of the molecule is Cc1cc(OC(C)c2oc(-c3ccc(-c4cncnc4)cc3)nc2C(C)C)ccc1CCC(=O)O. The van der Waals surface area contributed by atoms with E-state index >= 15 is 0 Å². The van der Waals surface area contributed by atoms with Crippen LogP contribution in [0.2, 0.25) is 0 Å². The van der Waals surface area contributed by atoms with Crippen molar-refractivity contribution in [1.82, 2.24) is 15.0 Å². The van der Waals surface area contributed by atoms with Crippen molar-refractivity contribution in [2.45, 2.75) is 52.6 Å². The number of benzene rings is 2.